The molecule has 0 N–H and O–H groups in total. The molecule has 0 aromatic rings. The van der Waals surface area contributed by atoms with Crippen molar-refractivity contribution in [1.82, 2.24) is 0 Å². The lowest BCUT2D eigenvalue weighted by Crippen LogP contribution is -2.02. The van der Waals surface area contributed by atoms with E-state index in [0.29, 0.717) is 5.92 Å². The van der Waals surface area contributed by atoms with E-state index in [1.807, 2.05) is 25.3 Å². The number of hydrogen-bond donors (Lipinski definition) is 0. The molecule has 15 heavy (non-hydrogen) atoms. The summed E-state index contributed by atoms with van der Waals surface area (Å²) in [5.41, 5.74) is 1.25. The molecule has 0 heterocycles. The molecule has 1 nitrogen and oxygen atoms in total. The smallest absolute Gasteiger partial charge is 0.0391 e. The second kappa shape index (κ2) is 9.70. The van der Waals surface area contributed by atoms with Crippen molar-refractivity contribution in [3.05, 3.63) is 23.9 Å². The summed E-state index contributed by atoms with van der Waals surface area (Å²) in [5, 5.41) is 0. The minimum atomic E-state index is 0.645. The van der Waals surface area contributed by atoms with Crippen molar-refractivity contribution in [3.8, 4) is 0 Å². The highest BCUT2D eigenvalue weighted by molar-refractivity contribution is 5.71. The lowest BCUT2D eigenvalue weighted by molar-refractivity contribution is 0.500. The summed E-state index contributed by atoms with van der Waals surface area (Å²) < 4.78 is 0. The molecule has 0 aliphatic rings. The lowest BCUT2D eigenvalue weighted by Gasteiger charge is -2.15. The minimum absolute atomic E-state index is 0.645. The fourth-order valence-corrected chi connectivity index (χ4v) is 1.77. The van der Waals surface area contributed by atoms with Crippen LogP contribution in [0.5, 0.6) is 0 Å². The second-order valence-electron chi connectivity index (χ2n) is 3.79. The van der Waals surface area contributed by atoms with Crippen molar-refractivity contribution in [2.45, 2.75) is 53.4 Å². The van der Waals surface area contributed by atoms with Gasteiger partial charge >= 0.3 is 0 Å². The molecule has 0 aliphatic carbocycles. The van der Waals surface area contributed by atoms with Crippen LogP contribution in [0.1, 0.15) is 53.4 Å². The van der Waals surface area contributed by atoms with Crippen LogP contribution in [0.15, 0.2) is 28.9 Å². The molecule has 0 amide bonds. The Balaban J connectivity index is 4.45. The van der Waals surface area contributed by atoms with E-state index >= 15 is 0 Å². The number of allylic oxidation sites excluding steroid dienone is 4. The average Bonchev–Trinajstić information content (AvgIpc) is 2.24. The standard InChI is InChI=1S/C14H25N/c1-5-9-12-15-14(8-4)13(10-6-2)11-7-3/h5,8-9,12-13H,6-7,10-11H2,1-4H3/b9-5-,14-8-,15-12+. The molecule has 0 rings (SSSR count). The first-order valence-electron chi connectivity index (χ1n) is 6.11. The van der Waals surface area contributed by atoms with Crippen LogP contribution in [0.25, 0.3) is 0 Å². The number of nitrogens with zero attached hydrogens (tertiary/aromatic N) is 1. The summed E-state index contributed by atoms with van der Waals surface area (Å²) in [7, 11) is 0. The van der Waals surface area contributed by atoms with E-state index in [1.54, 1.807) is 0 Å². The fraction of sp³-hybridized carbons (Fsp3) is 0.643. The quantitative estimate of drug-likeness (QED) is 0.534. The van der Waals surface area contributed by atoms with Crippen molar-refractivity contribution in [1.29, 1.82) is 0 Å². The largest absolute Gasteiger partial charge is 0.261 e. The Kier molecular flexibility index (Phi) is 9.15. The molecule has 0 unspecified atom stereocenters. The summed E-state index contributed by atoms with van der Waals surface area (Å²) >= 11 is 0. The first-order chi connectivity index (χ1) is 7.29. The number of rotatable bonds is 7. The molecule has 0 saturated carbocycles. The maximum Gasteiger partial charge on any atom is 0.0391 e. The van der Waals surface area contributed by atoms with Gasteiger partial charge in [0.1, 0.15) is 0 Å². The molecule has 0 aromatic carbocycles. The highest BCUT2D eigenvalue weighted by Gasteiger charge is 2.10. The van der Waals surface area contributed by atoms with E-state index in [-0.39, 0.29) is 0 Å². The SMILES string of the molecule is C\C=C/C=N/C(=C\C)C(CCC)CCC. The normalized spacial score (nSPS) is 13.5. The molecule has 0 radical (unpaired) electrons. The highest BCUT2D eigenvalue weighted by atomic mass is 14.7. The zero-order valence-electron chi connectivity index (χ0n) is 10.7. The number of hydrogen-bond acceptors (Lipinski definition) is 1. The lowest BCUT2D eigenvalue weighted by atomic mass is 9.94. The Morgan fingerprint density at radius 2 is 1.73 bits per heavy atom. The molecule has 0 fully saturated rings. The van der Waals surface area contributed by atoms with Gasteiger partial charge < -0.3 is 0 Å². The minimum Gasteiger partial charge on any atom is -0.261 e. The monoisotopic (exact) mass is 207 g/mol. The van der Waals surface area contributed by atoms with Crippen LogP contribution in [-0.4, -0.2) is 6.21 Å². The average molecular weight is 207 g/mol. The molecular formula is C14H25N. The Hall–Kier alpha value is -0.850. The zero-order valence-corrected chi connectivity index (χ0v) is 10.7. The van der Waals surface area contributed by atoms with Gasteiger partial charge in [0.05, 0.1) is 0 Å². The van der Waals surface area contributed by atoms with Gasteiger partial charge in [0, 0.05) is 17.8 Å². The summed E-state index contributed by atoms with van der Waals surface area (Å²) in [6, 6.07) is 0. The molecular weight excluding hydrogens is 182 g/mol. The van der Waals surface area contributed by atoms with E-state index in [1.165, 1.54) is 31.4 Å². The summed E-state index contributed by atoms with van der Waals surface area (Å²) in [5.74, 6) is 0.645. The third kappa shape index (κ3) is 6.27. The van der Waals surface area contributed by atoms with Gasteiger partial charge in [0.2, 0.25) is 0 Å². The molecule has 0 saturated heterocycles. The van der Waals surface area contributed by atoms with E-state index in [4.69, 9.17) is 0 Å². The van der Waals surface area contributed by atoms with Crippen LogP contribution in [0, 0.1) is 5.92 Å². The highest BCUT2D eigenvalue weighted by Crippen LogP contribution is 2.23. The van der Waals surface area contributed by atoms with Gasteiger partial charge in [0.15, 0.2) is 0 Å². The molecule has 0 bridgehead atoms. The van der Waals surface area contributed by atoms with Gasteiger partial charge in [-0.2, -0.15) is 0 Å². The van der Waals surface area contributed by atoms with Crippen molar-refractivity contribution in [3.63, 3.8) is 0 Å². The second-order valence-corrected chi connectivity index (χ2v) is 3.79. The van der Waals surface area contributed by atoms with Crippen molar-refractivity contribution >= 4 is 6.21 Å². The first kappa shape index (κ1) is 14.2. The van der Waals surface area contributed by atoms with E-state index < -0.39 is 0 Å². The van der Waals surface area contributed by atoms with Gasteiger partial charge in [-0.3, -0.25) is 4.99 Å². The van der Waals surface area contributed by atoms with Crippen LogP contribution in [0.3, 0.4) is 0 Å². The summed E-state index contributed by atoms with van der Waals surface area (Å²) in [6.07, 6.45) is 13.0. The fourth-order valence-electron chi connectivity index (χ4n) is 1.77. The predicted octanol–water partition coefficient (Wildman–Crippen LogP) is 4.75. The van der Waals surface area contributed by atoms with Crippen LogP contribution >= 0.6 is 0 Å². The molecule has 86 valence electrons. The Morgan fingerprint density at radius 3 is 2.13 bits per heavy atom. The van der Waals surface area contributed by atoms with Crippen molar-refractivity contribution < 1.29 is 0 Å². The zero-order chi connectivity index (χ0) is 11.5. The van der Waals surface area contributed by atoms with Crippen LogP contribution in [-0.2, 0) is 0 Å². The predicted molar refractivity (Wildman–Crippen MR) is 70.4 cm³/mol. The van der Waals surface area contributed by atoms with E-state index in [9.17, 15) is 0 Å². The van der Waals surface area contributed by atoms with Crippen LogP contribution in [0.4, 0.5) is 0 Å². The van der Waals surface area contributed by atoms with Crippen molar-refractivity contribution in [2.75, 3.05) is 0 Å². The molecule has 0 spiro atoms. The van der Waals surface area contributed by atoms with Gasteiger partial charge in [0.25, 0.3) is 0 Å². The molecule has 1 heteroatoms. The molecule has 0 atom stereocenters. The van der Waals surface area contributed by atoms with Crippen LogP contribution < -0.4 is 0 Å². The third-order valence-electron chi connectivity index (χ3n) is 2.49. The first-order valence-corrected chi connectivity index (χ1v) is 6.11. The Bertz CT molecular complexity index is 217. The van der Waals surface area contributed by atoms with Crippen LogP contribution in [0.2, 0.25) is 0 Å². The third-order valence-corrected chi connectivity index (χ3v) is 2.49. The van der Waals surface area contributed by atoms with Gasteiger partial charge in [-0.05, 0) is 32.8 Å². The summed E-state index contributed by atoms with van der Waals surface area (Å²) in [4.78, 5) is 4.52. The molecule has 0 aliphatic heterocycles. The van der Waals surface area contributed by atoms with Gasteiger partial charge in [-0.15, -0.1) is 0 Å². The topological polar surface area (TPSA) is 12.4 Å². The van der Waals surface area contributed by atoms with Gasteiger partial charge in [-0.1, -0.05) is 38.8 Å². The van der Waals surface area contributed by atoms with E-state index in [2.05, 4.69) is 31.8 Å². The van der Waals surface area contributed by atoms with Gasteiger partial charge in [-0.25, -0.2) is 0 Å². The molecule has 0 aromatic heterocycles. The van der Waals surface area contributed by atoms with E-state index in [0.717, 1.165) is 0 Å². The maximum atomic E-state index is 4.52. The Labute approximate surface area is 95.0 Å². The summed E-state index contributed by atoms with van der Waals surface area (Å²) in [6.45, 7) is 8.58. The van der Waals surface area contributed by atoms with Crippen molar-refractivity contribution in [2.24, 2.45) is 10.9 Å². The maximum absolute atomic E-state index is 4.52. The Morgan fingerprint density at radius 1 is 1.13 bits per heavy atom. The number of aliphatic imine (C=N–C) groups is 1.